The lowest BCUT2D eigenvalue weighted by molar-refractivity contribution is -0.136. The summed E-state index contributed by atoms with van der Waals surface area (Å²) in [6.45, 7) is 0.473. The number of nitrogens with one attached hydrogen (secondary N) is 1. The van der Waals surface area contributed by atoms with E-state index in [-0.39, 0.29) is 25.4 Å². The molecule has 1 fully saturated rings. The van der Waals surface area contributed by atoms with Gasteiger partial charge in [-0.3, -0.25) is 19.9 Å². The maximum atomic E-state index is 10.8. The topological polar surface area (TPSA) is 82.0 Å². The molecule has 0 aromatic rings. The molecular weight excluding hydrogens is 174 g/mol. The lowest BCUT2D eigenvalue weighted by Gasteiger charge is -2.07. The van der Waals surface area contributed by atoms with Crippen LogP contribution in [0.1, 0.15) is 6.42 Å². The summed E-state index contributed by atoms with van der Waals surface area (Å²) in [5, 5.41) is 10.9. The van der Waals surface area contributed by atoms with Crippen LogP contribution in [0.5, 0.6) is 0 Å². The monoisotopic (exact) mass is 185 g/mol. The lowest BCUT2D eigenvalue weighted by atomic mass is 10.4. The highest BCUT2D eigenvalue weighted by atomic mass is 16.4. The maximum absolute atomic E-state index is 10.8. The van der Waals surface area contributed by atoms with Crippen molar-refractivity contribution in [3.05, 3.63) is 0 Å². The van der Waals surface area contributed by atoms with Gasteiger partial charge in [-0.25, -0.2) is 0 Å². The molecule has 1 rings (SSSR count). The third-order valence-electron chi connectivity index (χ3n) is 1.58. The first-order valence-corrected chi connectivity index (χ1v) is 3.87. The highest BCUT2D eigenvalue weighted by Gasteiger charge is 2.20. The van der Waals surface area contributed by atoms with E-state index in [1.807, 2.05) is 0 Å². The molecule has 6 heteroatoms. The van der Waals surface area contributed by atoms with Crippen LogP contribution in [0.3, 0.4) is 0 Å². The molecule has 0 radical (unpaired) electrons. The van der Waals surface area contributed by atoms with Crippen molar-refractivity contribution in [1.29, 1.82) is 0 Å². The molecule has 0 aliphatic carbocycles. The highest BCUT2D eigenvalue weighted by molar-refractivity contribution is 6.04. The van der Waals surface area contributed by atoms with E-state index in [9.17, 15) is 9.59 Å². The van der Waals surface area contributed by atoms with E-state index < -0.39 is 5.97 Å². The second kappa shape index (κ2) is 3.88. The van der Waals surface area contributed by atoms with Crippen LogP contribution in [0.4, 0.5) is 0 Å². The number of amides is 1. The number of aliphatic imine (C=N–C) groups is 1. The first-order valence-electron chi connectivity index (χ1n) is 3.87. The third kappa shape index (κ3) is 2.73. The molecule has 1 amide bonds. The number of carbonyl (C=O) groups excluding carboxylic acids is 1. The van der Waals surface area contributed by atoms with Crippen molar-refractivity contribution in [2.75, 3.05) is 20.1 Å². The van der Waals surface area contributed by atoms with Gasteiger partial charge in [0, 0.05) is 7.05 Å². The zero-order valence-electron chi connectivity index (χ0n) is 7.28. The summed E-state index contributed by atoms with van der Waals surface area (Å²) in [4.78, 5) is 26.5. The average molecular weight is 185 g/mol. The second-order valence-electron chi connectivity index (χ2n) is 2.75. The van der Waals surface area contributed by atoms with Crippen molar-refractivity contribution in [3.8, 4) is 0 Å². The van der Waals surface area contributed by atoms with Crippen LogP contribution in [0, 0.1) is 0 Å². The minimum atomic E-state index is -0.892. The van der Waals surface area contributed by atoms with E-state index in [0.29, 0.717) is 5.96 Å². The van der Waals surface area contributed by atoms with Crippen molar-refractivity contribution in [2.24, 2.45) is 4.99 Å². The van der Waals surface area contributed by atoms with Crippen molar-refractivity contribution < 1.29 is 14.7 Å². The number of aliphatic carboxylic acids is 1. The van der Waals surface area contributed by atoms with Gasteiger partial charge < -0.3 is 10.0 Å². The summed E-state index contributed by atoms with van der Waals surface area (Å²) in [5.74, 6) is -0.556. The van der Waals surface area contributed by atoms with E-state index >= 15 is 0 Å². The molecule has 72 valence electrons. The summed E-state index contributed by atoms with van der Waals surface area (Å²) in [7, 11) is 1.72. The molecule has 1 aliphatic rings. The summed E-state index contributed by atoms with van der Waals surface area (Å²) >= 11 is 0. The standard InChI is InChI=1S/C7H11N3O3/c1-10-4-5(11)9-7(10)8-3-2-6(12)13/h2-4H2,1H3,(H,12,13)(H,8,9,11). The van der Waals surface area contributed by atoms with Crippen molar-refractivity contribution in [3.63, 3.8) is 0 Å². The number of carbonyl (C=O) groups is 2. The molecule has 0 saturated carbocycles. The zero-order chi connectivity index (χ0) is 9.84. The van der Waals surface area contributed by atoms with E-state index in [1.165, 1.54) is 0 Å². The Morgan fingerprint density at radius 1 is 1.77 bits per heavy atom. The lowest BCUT2D eigenvalue weighted by Crippen LogP contribution is -2.27. The Morgan fingerprint density at radius 2 is 2.46 bits per heavy atom. The van der Waals surface area contributed by atoms with Crippen LogP contribution in [0.25, 0.3) is 0 Å². The smallest absolute Gasteiger partial charge is 0.305 e. The molecule has 0 aromatic heterocycles. The quantitative estimate of drug-likeness (QED) is 0.583. The summed E-state index contributed by atoms with van der Waals surface area (Å²) in [5.41, 5.74) is 0. The molecule has 1 aliphatic heterocycles. The van der Waals surface area contributed by atoms with Gasteiger partial charge in [0.15, 0.2) is 0 Å². The minimum absolute atomic E-state index is 0.0206. The number of hydrogen-bond donors (Lipinski definition) is 2. The van der Waals surface area contributed by atoms with Gasteiger partial charge in [0.1, 0.15) is 0 Å². The largest absolute Gasteiger partial charge is 0.481 e. The molecule has 1 heterocycles. The normalized spacial score (nSPS) is 19.3. The van der Waals surface area contributed by atoms with Crippen LogP contribution >= 0.6 is 0 Å². The van der Waals surface area contributed by atoms with Gasteiger partial charge >= 0.3 is 5.97 Å². The number of rotatable bonds is 3. The summed E-state index contributed by atoms with van der Waals surface area (Å²) in [6, 6.07) is 0. The van der Waals surface area contributed by atoms with Crippen molar-refractivity contribution in [2.45, 2.75) is 6.42 Å². The van der Waals surface area contributed by atoms with Gasteiger partial charge in [-0.2, -0.15) is 0 Å². The molecule has 13 heavy (non-hydrogen) atoms. The van der Waals surface area contributed by atoms with Crippen LogP contribution in [-0.4, -0.2) is 48.0 Å². The molecular formula is C7H11N3O3. The maximum Gasteiger partial charge on any atom is 0.305 e. The molecule has 6 nitrogen and oxygen atoms in total. The number of likely N-dealkylation sites (N-methyl/N-ethyl adjacent to an activating group) is 1. The zero-order valence-corrected chi connectivity index (χ0v) is 7.28. The van der Waals surface area contributed by atoms with E-state index in [4.69, 9.17) is 5.11 Å². The fraction of sp³-hybridized carbons (Fsp3) is 0.571. The van der Waals surface area contributed by atoms with E-state index in [1.54, 1.807) is 11.9 Å². The van der Waals surface area contributed by atoms with Crippen LogP contribution in [-0.2, 0) is 9.59 Å². The van der Waals surface area contributed by atoms with Crippen molar-refractivity contribution in [1.82, 2.24) is 10.2 Å². The highest BCUT2D eigenvalue weighted by Crippen LogP contribution is 1.94. The molecule has 0 spiro atoms. The summed E-state index contributed by atoms with van der Waals surface area (Å²) in [6.07, 6.45) is -0.0206. The van der Waals surface area contributed by atoms with E-state index in [2.05, 4.69) is 10.3 Å². The number of carboxylic acid groups (broad SMARTS) is 1. The van der Waals surface area contributed by atoms with Crippen molar-refractivity contribution >= 4 is 17.8 Å². The Hall–Kier alpha value is -1.59. The first-order chi connectivity index (χ1) is 6.09. The van der Waals surface area contributed by atoms with Crippen LogP contribution < -0.4 is 5.32 Å². The molecule has 0 atom stereocenters. The van der Waals surface area contributed by atoms with E-state index in [0.717, 1.165) is 0 Å². The Labute approximate surface area is 75.2 Å². The third-order valence-corrected chi connectivity index (χ3v) is 1.58. The van der Waals surface area contributed by atoms with Gasteiger partial charge in [-0.15, -0.1) is 0 Å². The molecule has 0 unspecified atom stereocenters. The Bertz CT molecular complexity index is 262. The molecule has 0 bridgehead atoms. The van der Waals surface area contributed by atoms with Crippen LogP contribution in [0.15, 0.2) is 4.99 Å². The molecule has 2 N–H and O–H groups in total. The molecule has 1 saturated heterocycles. The fourth-order valence-electron chi connectivity index (χ4n) is 0.968. The second-order valence-corrected chi connectivity index (χ2v) is 2.75. The van der Waals surface area contributed by atoms with Gasteiger partial charge in [-0.05, 0) is 0 Å². The SMILES string of the molecule is CN1CC(=O)NC1=NCCC(=O)O. The molecule has 0 aromatic carbocycles. The van der Waals surface area contributed by atoms with Gasteiger partial charge in [-0.1, -0.05) is 0 Å². The predicted octanol–water partition coefficient (Wildman–Crippen LogP) is -1.12. The average Bonchev–Trinajstić information content (AvgIpc) is 2.29. The van der Waals surface area contributed by atoms with Gasteiger partial charge in [0.25, 0.3) is 0 Å². The number of guanidine groups is 1. The minimum Gasteiger partial charge on any atom is -0.481 e. The first kappa shape index (κ1) is 9.50. The van der Waals surface area contributed by atoms with Gasteiger partial charge in [0.05, 0.1) is 19.5 Å². The fourth-order valence-corrected chi connectivity index (χ4v) is 0.968. The Morgan fingerprint density at radius 3 is 2.92 bits per heavy atom. The Kier molecular flexibility index (Phi) is 2.84. The Balaban J connectivity index is 2.42. The van der Waals surface area contributed by atoms with Crippen LogP contribution in [0.2, 0.25) is 0 Å². The number of hydrogen-bond acceptors (Lipinski definition) is 3. The summed E-state index contributed by atoms with van der Waals surface area (Å²) < 4.78 is 0. The number of nitrogens with zero attached hydrogens (tertiary/aromatic N) is 2. The number of carboxylic acids is 1. The van der Waals surface area contributed by atoms with Gasteiger partial charge in [0.2, 0.25) is 11.9 Å². The predicted molar refractivity (Wildman–Crippen MR) is 45.3 cm³/mol.